The molecule has 0 saturated carbocycles. The molecule has 1 atom stereocenters. The monoisotopic (exact) mass is 328 g/mol. The zero-order valence-electron chi connectivity index (χ0n) is 11.4. The van der Waals surface area contributed by atoms with Gasteiger partial charge in [0.25, 0.3) is 5.56 Å². The van der Waals surface area contributed by atoms with Gasteiger partial charge in [-0.15, -0.1) is 0 Å². The van der Waals surface area contributed by atoms with Crippen LogP contribution < -0.4 is 16.2 Å². The molecule has 1 aliphatic rings. The van der Waals surface area contributed by atoms with Crippen molar-refractivity contribution in [3.05, 3.63) is 21.0 Å². The van der Waals surface area contributed by atoms with E-state index >= 15 is 0 Å². The highest BCUT2D eigenvalue weighted by molar-refractivity contribution is 9.10. The quantitative estimate of drug-likeness (QED) is 0.863. The van der Waals surface area contributed by atoms with Crippen LogP contribution in [0.1, 0.15) is 20.3 Å². The van der Waals surface area contributed by atoms with Crippen molar-refractivity contribution >= 4 is 21.6 Å². The van der Waals surface area contributed by atoms with Crippen LogP contribution in [-0.4, -0.2) is 29.4 Å². The van der Waals surface area contributed by atoms with Crippen molar-refractivity contribution < 1.29 is 0 Å². The molecule has 0 bridgehead atoms. The van der Waals surface area contributed by atoms with Crippen molar-refractivity contribution in [2.45, 2.75) is 26.8 Å². The summed E-state index contributed by atoms with van der Waals surface area (Å²) in [5, 5.41) is 10.9. The number of rotatable bonds is 5. The predicted octanol–water partition coefficient (Wildman–Crippen LogP) is 1.68. The first kappa shape index (κ1) is 14.5. The van der Waals surface area contributed by atoms with Crippen LogP contribution in [0.5, 0.6) is 0 Å². The van der Waals surface area contributed by atoms with Gasteiger partial charge in [-0.1, -0.05) is 13.8 Å². The number of nitrogens with one attached hydrogen (secondary N) is 2. The van der Waals surface area contributed by atoms with Crippen LogP contribution in [0.15, 0.2) is 15.5 Å². The largest absolute Gasteiger partial charge is 0.382 e. The number of anilines is 1. The van der Waals surface area contributed by atoms with Gasteiger partial charge in [0.2, 0.25) is 0 Å². The minimum atomic E-state index is -0.0664. The number of hydrogen-bond donors (Lipinski definition) is 2. The normalized spacial score (nSPS) is 19.1. The average Bonchev–Trinajstić information content (AvgIpc) is 2.87. The van der Waals surface area contributed by atoms with Gasteiger partial charge < -0.3 is 10.6 Å². The Balaban J connectivity index is 2.05. The summed E-state index contributed by atoms with van der Waals surface area (Å²) in [5.74, 6) is 1.03. The molecule has 5 nitrogen and oxygen atoms in total. The third-order valence-electron chi connectivity index (χ3n) is 3.27. The van der Waals surface area contributed by atoms with E-state index in [0.717, 1.165) is 25.3 Å². The Morgan fingerprint density at radius 3 is 3.05 bits per heavy atom. The number of nitrogens with zero attached hydrogens (tertiary/aromatic N) is 2. The first-order chi connectivity index (χ1) is 9.08. The van der Waals surface area contributed by atoms with E-state index in [4.69, 9.17) is 0 Å². The summed E-state index contributed by atoms with van der Waals surface area (Å²) in [6, 6.07) is 0. The standard InChI is InChI=1S/C13H21BrN4O/c1-9(2)8-18-13(19)12(14)11(7-17-18)16-6-10-3-4-15-5-10/h7,9-10,15-16H,3-6,8H2,1-2H3. The maximum atomic E-state index is 12.1. The maximum Gasteiger partial charge on any atom is 0.283 e. The molecule has 2 heterocycles. The summed E-state index contributed by atoms with van der Waals surface area (Å²) >= 11 is 3.38. The van der Waals surface area contributed by atoms with Gasteiger partial charge in [0.15, 0.2) is 0 Å². The van der Waals surface area contributed by atoms with E-state index < -0.39 is 0 Å². The topological polar surface area (TPSA) is 59.0 Å². The molecule has 1 aromatic heterocycles. The number of aromatic nitrogens is 2. The zero-order chi connectivity index (χ0) is 13.8. The molecule has 6 heteroatoms. The van der Waals surface area contributed by atoms with E-state index in [0.29, 0.717) is 22.9 Å². The lowest BCUT2D eigenvalue weighted by Gasteiger charge is -2.14. The van der Waals surface area contributed by atoms with Crippen LogP contribution >= 0.6 is 15.9 Å². The third-order valence-corrected chi connectivity index (χ3v) is 4.03. The average molecular weight is 329 g/mol. The van der Waals surface area contributed by atoms with Gasteiger partial charge in [-0.3, -0.25) is 4.79 Å². The van der Waals surface area contributed by atoms with Gasteiger partial charge in [0, 0.05) is 13.1 Å². The lowest BCUT2D eigenvalue weighted by atomic mass is 10.1. The van der Waals surface area contributed by atoms with Gasteiger partial charge in [0.1, 0.15) is 4.47 Å². The molecule has 1 aliphatic heterocycles. The fraction of sp³-hybridized carbons (Fsp3) is 0.692. The molecule has 0 radical (unpaired) electrons. The molecule has 1 saturated heterocycles. The molecular weight excluding hydrogens is 308 g/mol. The van der Waals surface area contributed by atoms with E-state index in [1.807, 2.05) is 0 Å². The van der Waals surface area contributed by atoms with E-state index in [9.17, 15) is 4.79 Å². The van der Waals surface area contributed by atoms with Crippen LogP contribution in [0.3, 0.4) is 0 Å². The van der Waals surface area contributed by atoms with Crippen LogP contribution in [0.2, 0.25) is 0 Å². The molecule has 0 aliphatic carbocycles. The van der Waals surface area contributed by atoms with E-state index in [1.165, 1.54) is 11.1 Å². The zero-order valence-corrected chi connectivity index (χ0v) is 13.0. The first-order valence-electron chi connectivity index (χ1n) is 6.78. The Hall–Kier alpha value is -0.880. The predicted molar refractivity (Wildman–Crippen MR) is 80.5 cm³/mol. The third kappa shape index (κ3) is 3.79. The van der Waals surface area contributed by atoms with Crippen molar-refractivity contribution in [3.63, 3.8) is 0 Å². The minimum absolute atomic E-state index is 0.0664. The van der Waals surface area contributed by atoms with Crippen molar-refractivity contribution in [2.75, 3.05) is 25.0 Å². The van der Waals surface area contributed by atoms with Gasteiger partial charge in [-0.2, -0.15) is 5.10 Å². The summed E-state index contributed by atoms with van der Waals surface area (Å²) in [4.78, 5) is 12.1. The molecule has 1 fully saturated rings. The molecule has 19 heavy (non-hydrogen) atoms. The second kappa shape index (κ2) is 6.52. The second-order valence-electron chi connectivity index (χ2n) is 5.49. The van der Waals surface area contributed by atoms with E-state index in [1.54, 1.807) is 6.20 Å². The Bertz CT molecular complexity index is 480. The van der Waals surface area contributed by atoms with Crippen molar-refractivity contribution in [2.24, 2.45) is 11.8 Å². The first-order valence-corrected chi connectivity index (χ1v) is 7.57. The molecule has 1 aromatic rings. The highest BCUT2D eigenvalue weighted by Gasteiger charge is 2.15. The summed E-state index contributed by atoms with van der Waals surface area (Å²) in [7, 11) is 0. The lowest BCUT2D eigenvalue weighted by Crippen LogP contribution is -2.27. The second-order valence-corrected chi connectivity index (χ2v) is 6.29. The maximum absolute atomic E-state index is 12.1. The van der Waals surface area contributed by atoms with Gasteiger partial charge >= 0.3 is 0 Å². The van der Waals surface area contributed by atoms with Crippen molar-refractivity contribution in [1.82, 2.24) is 15.1 Å². The van der Waals surface area contributed by atoms with Gasteiger partial charge in [0.05, 0.1) is 11.9 Å². The Labute approximate surface area is 121 Å². The molecule has 1 unspecified atom stereocenters. The van der Waals surface area contributed by atoms with Crippen molar-refractivity contribution in [1.29, 1.82) is 0 Å². The summed E-state index contributed by atoms with van der Waals surface area (Å²) in [6.07, 6.45) is 2.92. The Morgan fingerprint density at radius 2 is 2.42 bits per heavy atom. The molecule has 2 rings (SSSR count). The summed E-state index contributed by atoms with van der Waals surface area (Å²) < 4.78 is 2.09. The molecule has 106 valence electrons. The fourth-order valence-electron chi connectivity index (χ4n) is 2.21. The number of hydrogen-bond acceptors (Lipinski definition) is 4. The fourth-order valence-corrected chi connectivity index (χ4v) is 2.65. The summed E-state index contributed by atoms with van der Waals surface area (Å²) in [5.41, 5.74) is 0.722. The van der Waals surface area contributed by atoms with E-state index in [-0.39, 0.29) is 5.56 Å². The number of halogens is 1. The molecule has 2 N–H and O–H groups in total. The molecule has 0 spiro atoms. The Morgan fingerprint density at radius 1 is 1.63 bits per heavy atom. The highest BCUT2D eigenvalue weighted by atomic mass is 79.9. The SMILES string of the molecule is CC(C)Cn1ncc(NCC2CCNC2)c(Br)c1=O. The van der Waals surface area contributed by atoms with Crippen LogP contribution in [0, 0.1) is 11.8 Å². The Kier molecular flexibility index (Phi) is 4.99. The van der Waals surface area contributed by atoms with Crippen LogP contribution in [0.4, 0.5) is 5.69 Å². The van der Waals surface area contributed by atoms with E-state index in [2.05, 4.69) is 45.5 Å². The van der Waals surface area contributed by atoms with Crippen molar-refractivity contribution in [3.8, 4) is 0 Å². The molecule has 0 aromatic carbocycles. The lowest BCUT2D eigenvalue weighted by molar-refractivity contribution is 0.462. The molecular formula is C13H21BrN4O. The minimum Gasteiger partial charge on any atom is -0.382 e. The van der Waals surface area contributed by atoms with Gasteiger partial charge in [-0.05, 0) is 47.3 Å². The summed E-state index contributed by atoms with van der Waals surface area (Å²) in [6.45, 7) is 7.79. The smallest absolute Gasteiger partial charge is 0.283 e. The van der Waals surface area contributed by atoms with Gasteiger partial charge in [-0.25, -0.2) is 4.68 Å². The molecule has 0 amide bonds. The highest BCUT2D eigenvalue weighted by Crippen LogP contribution is 2.18. The van der Waals surface area contributed by atoms with Crippen LogP contribution in [0.25, 0.3) is 0 Å². The van der Waals surface area contributed by atoms with Crippen LogP contribution in [-0.2, 0) is 6.54 Å².